The van der Waals surface area contributed by atoms with Crippen LogP contribution in [0.2, 0.25) is 5.02 Å². The van der Waals surface area contributed by atoms with Crippen LogP contribution in [0, 0.1) is 6.92 Å². The standard InChI is InChI=1S/C25H32ClN3O4S/c1-18-8-4-5-9-20(18)16-28(19(2)25(31)27-22-10-6-7-11-22)24(30)17-29(34(3,32)33)23-14-12-21(26)13-15-23/h4-5,8-9,12-15,19,22H,6-7,10-11,16-17H2,1-3H3,(H,27,31)/t19-/m0/s1. The average molecular weight is 506 g/mol. The summed E-state index contributed by atoms with van der Waals surface area (Å²) in [7, 11) is -3.76. The molecule has 9 heteroatoms. The van der Waals surface area contributed by atoms with Crippen LogP contribution in [-0.4, -0.2) is 50.0 Å². The molecule has 2 amide bonds. The summed E-state index contributed by atoms with van der Waals surface area (Å²) in [6, 6.07) is 13.2. The van der Waals surface area contributed by atoms with Crippen LogP contribution in [-0.2, 0) is 26.2 Å². The van der Waals surface area contributed by atoms with E-state index >= 15 is 0 Å². The van der Waals surface area contributed by atoms with Crippen molar-refractivity contribution in [3.63, 3.8) is 0 Å². The molecule has 1 N–H and O–H groups in total. The summed E-state index contributed by atoms with van der Waals surface area (Å²) in [5, 5.41) is 3.52. The maximum absolute atomic E-state index is 13.6. The van der Waals surface area contributed by atoms with E-state index in [-0.39, 0.29) is 18.5 Å². The van der Waals surface area contributed by atoms with Crippen molar-refractivity contribution in [1.82, 2.24) is 10.2 Å². The number of sulfonamides is 1. The van der Waals surface area contributed by atoms with Crippen LogP contribution in [0.5, 0.6) is 0 Å². The van der Waals surface area contributed by atoms with Crippen LogP contribution < -0.4 is 9.62 Å². The summed E-state index contributed by atoms with van der Waals surface area (Å²) in [5.74, 6) is -0.691. The maximum Gasteiger partial charge on any atom is 0.244 e. The van der Waals surface area contributed by atoms with Crippen molar-refractivity contribution in [3.8, 4) is 0 Å². The predicted octanol–water partition coefficient (Wildman–Crippen LogP) is 3.89. The third kappa shape index (κ3) is 6.73. The highest BCUT2D eigenvalue weighted by molar-refractivity contribution is 7.92. The number of carbonyl (C=O) groups is 2. The highest BCUT2D eigenvalue weighted by atomic mass is 35.5. The molecule has 184 valence electrons. The zero-order valence-electron chi connectivity index (χ0n) is 19.8. The van der Waals surface area contributed by atoms with Gasteiger partial charge in [-0.05, 0) is 62.1 Å². The fourth-order valence-electron chi connectivity index (χ4n) is 4.17. The number of hydrogen-bond acceptors (Lipinski definition) is 4. The third-order valence-corrected chi connectivity index (χ3v) is 7.66. The minimum Gasteiger partial charge on any atom is -0.352 e. The van der Waals surface area contributed by atoms with Gasteiger partial charge in [-0.15, -0.1) is 0 Å². The van der Waals surface area contributed by atoms with E-state index in [1.54, 1.807) is 31.2 Å². The van der Waals surface area contributed by atoms with E-state index in [9.17, 15) is 18.0 Å². The quantitative estimate of drug-likeness (QED) is 0.560. The first-order chi connectivity index (χ1) is 16.1. The van der Waals surface area contributed by atoms with E-state index in [1.165, 1.54) is 4.90 Å². The second-order valence-corrected chi connectivity index (χ2v) is 11.2. The van der Waals surface area contributed by atoms with Crippen molar-refractivity contribution in [2.75, 3.05) is 17.1 Å². The van der Waals surface area contributed by atoms with Crippen LogP contribution in [0.4, 0.5) is 5.69 Å². The summed E-state index contributed by atoms with van der Waals surface area (Å²) in [6.45, 7) is 3.40. The minimum atomic E-state index is -3.76. The van der Waals surface area contributed by atoms with E-state index in [1.807, 2.05) is 31.2 Å². The molecule has 1 fully saturated rings. The van der Waals surface area contributed by atoms with E-state index in [4.69, 9.17) is 11.6 Å². The molecule has 1 atom stereocenters. The van der Waals surface area contributed by atoms with Crippen LogP contribution in [0.25, 0.3) is 0 Å². The van der Waals surface area contributed by atoms with E-state index < -0.39 is 28.5 Å². The topological polar surface area (TPSA) is 86.8 Å². The molecule has 0 heterocycles. The fourth-order valence-corrected chi connectivity index (χ4v) is 5.14. The van der Waals surface area contributed by atoms with Gasteiger partial charge in [0.2, 0.25) is 21.8 Å². The zero-order chi connectivity index (χ0) is 24.9. The van der Waals surface area contributed by atoms with Gasteiger partial charge in [-0.3, -0.25) is 13.9 Å². The fraction of sp³-hybridized carbons (Fsp3) is 0.440. The van der Waals surface area contributed by atoms with Gasteiger partial charge in [0.25, 0.3) is 0 Å². The first-order valence-electron chi connectivity index (χ1n) is 11.4. The van der Waals surface area contributed by atoms with Gasteiger partial charge in [-0.2, -0.15) is 0 Å². The normalized spacial score (nSPS) is 15.1. The average Bonchev–Trinajstić information content (AvgIpc) is 3.29. The Morgan fingerprint density at radius 2 is 1.71 bits per heavy atom. The number of anilines is 1. The molecule has 1 aliphatic rings. The molecule has 1 aliphatic carbocycles. The Kier molecular flexibility index (Phi) is 8.60. The first kappa shape index (κ1) is 26.0. The molecule has 0 saturated heterocycles. The van der Waals surface area contributed by atoms with Crippen molar-refractivity contribution in [3.05, 3.63) is 64.7 Å². The van der Waals surface area contributed by atoms with Gasteiger partial charge in [0, 0.05) is 17.6 Å². The number of nitrogens with one attached hydrogen (secondary N) is 1. The lowest BCUT2D eigenvalue weighted by Gasteiger charge is -2.32. The Balaban J connectivity index is 1.88. The number of amides is 2. The number of halogens is 1. The Labute approximate surface area is 207 Å². The lowest BCUT2D eigenvalue weighted by Crippen LogP contribution is -2.52. The third-order valence-electron chi connectivity index (χ3n) is 6.26. The molecular weight excluding hydrogens is 474 g/mol. The number of benzene rings is 2. The van der Waals surface area contributed by atoms with Crippen molar-refractivity contribution >= 4 is 39.1 Å². The van der Waals surface area contributed by atoms with Gasteiger partial charge < -0.3 is 10.2 Å². The molecule has 3 rings (SSSR count). The Hall–Kier alpha value is -2.58. The second kappa shape index (κ2) is 11.2. The molecule has 1 saturated carbocycles. The molecule has 0 aliphatic heterocycles. The lowest BCUT2D eigenvalue weighted by molar-refractivity contribution is -0.139. The molecule has 0 radical (unpaired) electrons. The van der Waals surface area contributed by atoms with E-state index in [0.29, 0.717) is 10.7 Å². The van der Waals surface area contributed by atoms with Crippen molar-refractivity contribution in [2.24, 2.45) is 0 Å². The monoisotopic (exact) mass is 505 g/mol. The SMILES string of the molecule is Cc1ccccc1CN(C(=O)CN(c1ccc(Cl)cc1)S(C)(=O)=O)[C@@H](C)C(=O)NC1CCCC1. The second-order valence-electron chi connectivity index (χ2n) is 8.86. The van der Waals surface area contributed by atoms with Crippen LogP contribution in [0.3, 0.4) is 0 Å². The van der Waals surface area contributed by atoms with Crippen molar-refractivity contribution in [2.45, 2.75) is 58.2 Å². The molecule has 2 aromatic carbocycles. The highest BCUT2D eigenvalue weighted by Crippen LogP contribution is 2.22. The first-order valence-corrected chi connectivity index (χ1v) is 13.7. The molecule has 34 heavy (non-hydrogen) atoms. The number of carbonyl (C=O) groups excluding carboxylic acids is 2. The molecule has 7 nitrogen and oxygen atoms in total. The maximum atomic E-state index is 13.6. The largest absolute Gasteiger partial charge is 0.352 e. The number of nitrogens with zero attached hydrogens (tertiary/aromatic N) is 2. The van der Waals surface area contributed by atoms with Gasteiger partial charge in [0.05, 0.1) is 11.9 Å². The van der Waals surface area contributed by atoms with Gasteiger partial charge in [0.15, 0.2) is 0 Å². The molecule has 0 unspecified atom stereocenters. The lowest BCUT2D eigenvalue weighted by atomic mass is 10.1. The summed E-state index contributed by atoms with van der Waals surface area (Å²) >= 11 is 5.95. The van der Waals surface area contributed by atoms with Gasteiger partial charge in [-0.25, -0.2) is 8.42 Å². The predicted molar refractivity (Wildman–Crippen MR) is 135 cm³/mol. The van der Waals surface area contributed by atoms with Crippen molar-refractivity contribution in [1.29, 1.82) is 0 Å². The molecule has 0 spiro atoms. The van der Waals surface area contributed by atoms with Crippen LogP contribution in [0.15, 0.2) is 48.5 Å². The highest BCUT2D eigenvalue weighted by Gasteiger charge is 2.31. The minimum absolute atomic E-state index is 0.118. The number of hydrogen-bond donors (Lipinski definition) is 1. The Bertz CT molecular complexity index is 1120. The smallest absolute Gasteiger partial charge is 0.244 e. The molecule has 2 aromatic rings. The number of aryl methyl sites for hydroxylation is 1. The molecular formula is C25H32ClN3O4S. The van der Waals surface area contributed by atoms with E-state index in [0.717, 1.165) is 47.4 Å². The number of rotatable bonds is 9. The summed E-state index contributed by atoms with van der Waals surface area (Å²) in [6.07, 6.45) is 5.08. The Morgan fingerprint density at radius 1 is 1.09 bits per heavy atom. The van der Waals surface area contributed by atoms with Gasteiger partial charge >= 0.3 is 0 Å². The van der Waals surface area contributed by atoms with Crippen molar-refractivity contribution < 1.29 is 18.0 Å². The summed E-state index contributed by atoms with van der Waals surface area (Å²) in [5.41, 5.74) is 2.22. The van der Waals surface area contributed by atoms with E-state index in [2.05, 4.69) is 5.32 Å². The Morgan fingerprint density at radius 3 is 2.29 bits per heavy atom. The van der Waals surface area contributed by atoms with Gasteiger partial charge in [0.1, 0.15) is 12.6 Å². The summed E-state index contributed by atoms with van der Waals surface area (Å²) < 4.78 is 26.2. The van der Waals surface area contributed by atoms with Gasteiger partial charge in [-0.1, -0.05) is 48.7 Å². The van der Waals surface area contributed by atoms with Crippen LogP contribution in [0.1, 0.15) is 43.7 Å². The summed E-state index contributed by atoms with van der Waals surface area (Å²) in [4.78, 5) is 28.1. The molecule has 0 bridgehead atoms. The van der Waals surface area contributed by atoms with Crippen LogP contribution >= 0.6 is 11.6 Å². The zero-order valence-corrected chi connectivity index (χ0v) is 21.4. The molecule has 0 aromatic heterocycles.